The number of anilines is 1. The molecule has 114 valence electrons. The maximum Gasteiger partial charge on any atom is 0.328 e. The first-order valence-electron chi connectivity index (χ1n) is 7.31. The van der Waals surface area contributed by atoms with Crippen molar-refractivity contribution in [3.63, 3.8) is 0 Å². The van der Waals surface area contributed by atoms with Gasteiger partial charge in [0.05, 0.1) is 12.2 Å². The van der Waals surface area contributed by atoms with Gasteiger partial charge in [-0.25, -0.2) is 9.78 Å². The molecule has 1 aromatic heterocycles. The highest BCUT2D eigenvalue weighted by Gasteiger charge is 2.23. The van der Waals surface area contributed by atoms with Crippen LogP contribution in [0.15, 0.2) is 18.3 Å². The van der Waals surface area contributed by atoms with Crippen LogP contribution in [-0.2, 0) is 9.53 Å². The number of nitrogens with one attached hydrogen (secondary N) is 1. The van der Waals surface area contributed by atoms with E-state index in [1.165, 1.54) is 0 Å². The van der Waals surface area contributed by atoms with Crippen LogP contribution in [0.4, 0.5) is 5.82 Å². The Bertz CT molecular complexity index is 513. The van der Waals surface area contributed by atoms with Crippen LogP contribution in [0.3, 0.4) is 0 Å². The number of carbonyl (C=O) groups excluding carboxylic acids is 2. The zero-order valence-corrected chi connectivity index (χ0v) is 12.5. The molecule has 21 heavy (non-hydrogen) atoms. The van der Waals surface area contributed by atoms with Crippen molar-refractivity contribution in [1.29, 1.82) is 0 Å². The van der Waals surface area contributed by atoms with Crippen LogP contribution in [-0.4, -0.2) is 42.6 Å². The molecule has 1 atom stereocenters. The summed E-state index contributed by atoms with van der Waals surface area (Å²) in [6.07, 6.45) is 3.90. The van der Waals surface area contributed by atoms with Gasteiger partial charge in [-0.3, -0.25) is 4.79 Å². The topological polar surface area (TPSA) is 71.5 Å². The summed E-state index contributed by atoms with van der Waals surface area (Å²) < 4.78 is 4.89. The molecule has 1 fully saturated rings. The van der Waals surface area contributed by atoms with E-state index in [0.717, 1.165) is 25.9 Å². The number of pyridine rings is 1. The third kappa shape index (κ3) is 3.71. The van der Waals surface area contributed by atoms with Crippen molar-refractivity contribution >= 4 is 17.7 Å². The number of ether oxygens (including phenoxy) is 1. The maximum atomic E-state index is 12.4. The van der Waals surface area contributed by atoms with Gasteiger partial charge in [-0.1, -0.05) is 0 Å². The summed E-state index contributed by atoms with van der Waals surface area (Å²) in [5.74, 6) is -0.0495. The first kappa shape index (κ1) is 15.3. The minimum absolute atomic E-state index is 0.297. The molecule has 1 aromatic rings. The molecule has 0 spiro atoms. The third-order valence-electron chi connectivity index (χ3n) is 3.42. The maximum absolute atomic E-state index is 12.4. The minimum Gasteiger partial charge on any atom is -0.464 e. The number of rotatable bonds is 5. The normalized spacial score (nSPS) is 15.6. The molecule has 6 nitrogen and oxygen atoms in total. The third-order valence-corrected chi connectivity index (χ3v) is 3.42. The Kier molecular flexibility index (Phi) is 5.14. The van der Waals surface area contributed by atoms with Crippen LogP contribution in [0.25, 0.3) is 0 Å². The summed E-state index contributed by atoms with van der Waals surface area (Å²) in [7, 11) is 0. The Morgan fingerprint density at radius 2 is 2.14 bits per heavy atom. The first-order valence-corrected chi connectivity index (χ1v) is 7.31. The number of hydrogen-bond acceptors (Lipinski definition) is 5. The second-order valence-corrected chi connectivity index (χ2v) is 5.02. The van der Waals surface area contributed by atoms with Gasteiger partial charge >= 0.3 is 5.97 Å². The van der Waals surface area contributed by atoms with Crippen molar-refractivity contribution in [3.8, 4) is 0 Å². The highest BCUT2D eigenvalue weighted by molar-refractivity contribution is 6.00. The fourth-order valence-electron chi connectivity index (χ4n) is 2.36. The van der Waals surface area contributed by atoms with Gasteiger partial charge in [0, 0.05) is 19.3 Å². The summed E-state index contributed by atoms with van der Waals surface area (Å²) in [5, 5.41) is 2.66. The fourth-order valence-corrected chi connectivity index (χ4v) is 2.36. The second-order valence-electron chi connectivity index (χ2n) is 5.02. The van der Waals surface area contributed by atoms with Crippen LogP contribution in [0, 0.1) is 0 Å². The molecular weight excluding hydrogens is 270 g/mol. The smallest absolute Gasteiger partial charge is 0.328 e. The van der Waals surface area contributed by atoms with Crippen LogP contribution >= 0.6 is 0 Å². The van der Waals surface area contributed by atoms with Gasteiger partial charge in [0.2, 0.25) is 0 Å². The van der Waals surface area contributed by atoms with Crippen LogP contribution in [0.2, 0.25) is 0 Å². The van der Waals surface area contributed by atoms with Gasteiger partial charge in [-0.05, 0) is 38.8 Å². The summed E-state index contributed by atoms with van der Waals surface area (Å²) in [6.45, 7) is 5.46. The van der Waals surface area contributed by atoms with Gasteiger partial charge in [-0.2, -0.15) is 0 Å². The van der Waals surface area contributed by atoms with E-state index in [2.05, 4.69) is 15.2 Å². The highest BCUT2D eigenvalue weighted by atomic mass is 16.5. The van der Waals surface area contributed by atoms with E-state index in [4.69, 9.17) is 4.74 Å². The zero-order chi connectivity index (χ0) is 15.2. The summed E-state index contributed by atoms with van der Waals surface area (Å²) in [4.78, 5) is 30.4. The lowest BCUT2D eigenvalue weighted by Gasteiger charge is -2.20. The van der Waals surface area contributed by atoms with Gasteiger partial charge in [0.1, 0.15) is 11.9 Å². The zero-order valence-electron chi connectivity index (χ0n) is 12.5. The lowest BCUT2D eigenvalue weighted by Crippen LogP contribution is -2.40. The summed E-state index contributed by atoms with van der Waals surface area (Å²) in [5.41, 5.74) is 0.496. The molecule has 2 heterocycles. The molecule has 0 bridgehead atoms. The molecule has 2 rings (SSSR count). The quantitative estimate of drug-likeness (QED) is 0.829. The van der Waals surface area contributed by atoms with Crippen molar-refractivity contribution in [1.82, 2.24) is 10.3 Å². The predicted molar refractivity (Wildman–Crippen MR) is 79.2 cm³/mol. The molecule has 1 aliphatic rings. The molecule has 1 amide bonds. The second kappa shape index (κ2) is 7.06. The lowest BCUT2D eigenvalue weighted by molar-refractivity contribution is -0.144. The Hall–Kier alpha value is -2.11. The molecule has 0 radical (unpaired) electrons. The Morgan fingerprint density at radius 1 is 1.43 bits per heavy atom. The Balaban J connectivity index is 2.10. The van der Waals surface area contributed by atoms with Gasteiger partial charge in [0.25, 0.3) is 5.91 Å². The average molecular weight is 291 g/mol. The molecule has 0 aromatic carbocycles. The molecule has 0 aliphatic carbocycles. The number of hydrogen-bond donors (Lipinski definition) is 1. The number of amides is 1. The summed E-state index contributed by atoms with van der Waals surface area (Å²) in [6, 6.07) is 2.78. The van der Waals surface area contributed by atoms with Crippen molar-refractivity contribution in [3.05, 3.63) is 23.9 Å². The van der Waals surface area contributed by atoms with E-state index in [1.807, 2.05) is 0 Å². The van der Waals surface area contributed by atoms with E-state index >= 15 is 0 Å². The molecule has 1 N–H and O–H groups in total. The molecule has 1 unspecified atom stereocenters. The van der Waals surface area contributed by atoms with Gasteiger partial charge < -0.3 is 15.0 Å². The molecule has 0 saturated carbocycles. The van der Waals surface area contributed by atoms with Crippen molar-refractivity contribution in [2.45, 2.75) is 32.7 Å². The van der Waals surface area contributed by atoms with Gasteiger partial charge in [0.15, 0.2) is 0 Å². The van der Waals surface area contributed by atoms with Crippen molar-refractivity contribution in [2.75, 3.05) is 24.6 Å². The largest absolute Gasteiger partial charge is 0.464 e. The monoisotopic (exact) mass is 291 g/mol. The lowest BCUT2D eigenvalue weighted by atomic mass is 10.2. The number of esters is 1. The SMILES string of the molecule is CCOC(=O)C(C)NC(=O)c1cccnc1N1CCCC1. The van der Waals surface area contributed by atoms with E-state index < -0.39 is 12.0 Å². The number of aromatic nitrogens is 1. The Labute approximate surface area is 124 Å². The van der Waals surface area contributed by atoms with E-state index in [0.29, 0.717) is 18.0 Å². The molecule has 6 heteroatoms. The number of nitrogens with zero attached hydrogens (tertiary/aromatic N) is 2. The van der Waals surface area contributed by atoms with Crippen LogP contribution in [0.5, 0.6) is 0 Å². The van der Waals surface area contributed by atoms with Crippen molar-refractivity contribution in [2.24, 2.45) is 0 Å². The van der Waals surface area contributed by atoms with Crippen molar-refractivity contribution < 1.29 is 14.3 Å². The van der Waals surface area contributed by atoms with Gasteiger partial charge in [-0.15, -0.1) is 0 Å². The van der Waals surface area contributed by atoms with Crippen LogP contribution in [0.1, 0.15) is 37.0 Å². The predicted octanol–water partition coefficient (Wildman–Crippen LogP) is 1.36. The molecule has 1 aliphatic heterocycles. The Morgan fingerprint density at radius 3 is 2.81 bits per heavy atom. The molecule has 1 saturated heterocycles. The first-order chi connectivity index (χ1) is 10.1. The summed E-state index contributed by atoms with van der Waals surface area (Å²) >= 11 is 0. The van der Waals surface area contributed by atoms with E-state index in [9.17, 15) is 9.59 Å². The minimum atomic E-state index is -0.677. The average Bonchev–Trinajstić information content (AvgIpc) is 3.01. The van der Waals surface area contributed by atoms with Crippen LogP contribution < -0.4 is 10.2 Å². The highest BCUT2D eigenvalue weighted by Crippen LogP contribution is 2.21. The molecular formula is C15H21N3O3. The number of carbonyl (C=O) groups is 2. The van der Waals surface area contributed by atoms with E-state index in [-0.39, 0.29) is 5.91 Å². The fraction of sp³-hybridized carbons (Fsp3) is 0.533. The van der Waals surface area contributed by atoms with E-state index in [1.54, 1.807) is 32.2 Å². The standard InChI is InChI=1S/C15H21N3O3/c1-3-21-15(20)11(2)17-14(19)12-7-6-8-16-13(12)18-9-4-5-10-18/h6-8,11H,3-5,9-10H2,1-2H3,(H,17,19).